The van der Waals surface area contributed by atoms with Crippen molar-refractivity contribution in [3.8, 4) is 0 Å². The highest BCUT2D eigenvalue weighted by atomic mass is 79.9. The highest BCUT2D eigenvalue weighted by molar-refractivity contribution is 9.10. The number of nitrogens with one attached hydrogen (secondary N) is 1. The molecular formula is C15H18BrN3O2. The minimum absolute atomic E-state index is 0.462. The van der Waals surface area contributed by atoms with Crippen molar-refractivity contribution < 1.29 is 9.90 Å². The maximum absolute atomic E-state index is 10.5. The number of carboxylic acid groups (broad SMARTS) is 1. The Labute approximate surface area is 131 Å². The molecule has 0 aliphatic heterocycles. The predicted molar refractivity (Wildman–Crippen MR) is 83.6 cm³/mol. The fraction of sp³-hybridized carbons (Fsp3) is 0.467. The second kappa shape index (κ2) is 6.05. The van der Waals surface area contributed by atoms with E-state index in [0.717, 1.165) is 41.5 Å². The van der Waals surface area contributed by atoms with Crippen LogP contribution in [-0.2, 0) is 0 Å². The first-order chi connectivity index (χ1) is 10.1. The number of pyridine rings is 1. The SMILES string of the molecule is O=C(O)NCC1CCC(c2cn3cc(Br)ccc3n2)CC1. The lowest BCUT2D eigenvalue weighted by Gasteiger charge is -2.27. The molecule has 2 heterocycles. The lowest BCUT2D eigenvalue weighted by Crippen LogP contribution is -2.29. The largest absolute Gasteiger partial charge is 0.465 e. The van der Waals surface area contributed by atoms with Gasteiger partial charge in [-0.25, -0.2) is 9.78 Å². The summed E-state index contributed by atoms with van der Waals surface area (Å²) in [6.07, 6.45) is 7.48. The third kappa shape index (κ3) is 3.37. The number of rotatable bonds is 3. The van der Waals surface area contributed by atoms with Crippen molar-refractivity contribution in [2.24, 2.45) is 5.92 Å². The lowest BCUT2D eigenvalue weighted by molar-refractivity contribution is 0.189. The molecule has 1 fully saturated rings. The summed E-state index contributed by atoms with van der Waals surface area (Å²) in [4.78, 5) is 15.2. The van der Waals surface area contributed by atoms with Crippen molar-refractivity contribution in [1.82, 2.24) is 14.7 Å². The summed E-state index contributed by atoms with van der Waals surface area (Å²) >= 11 is 3.47. The van der Waals surface area contributed by atoms with E-state index in [1.165, 1.54) is 0 Å². The van der Waals surface area contributed by atoms with Crippen LogP contribution in [0.4, 0.5) is 4.79 Å². The molecule has 2 N–H and O–H groups in total. The summed E-state index contributed by atoms with van der Waals surface area (Å²) < 4.78 is 3.10. The Bertz CT molecular complexity index is 647. The number of hydrogen-bond donors (Lipinski definition) is 2. The second-order valence-electron chi connectivity index (χ2n) is 5.68. The first-order valence-corrected chi connectivity index (χ1v) is 8.02. The molecule has 0 spiro atoms. The average molecular weight is 352 g/mol. The van der Waals surface area contributed by atoms with Crippen LogP contribution in [-0.4, -0.2) is 27.1 Å². The molecule has 3 rings (SSSR count). The average Bonchev–Trinajstić information content (AvgIpc) is 2.88. The Hall–Kier alpha value is -1.56. The van der Waals surface area contributed by atoms with Gasteiger partial charge in [0.15, 0.2) is 0 Å². The summed E-state index contributed by atoms with van der Waals surface area (Å²) in [5.41, 5.74) is 2.13. The lowest BCUT2D eigenvalue weighted by atomic mass is 9.80. The quantitative estimate of drug-likeness (QED) is 0.886. The fourth-order valence-electron chi connectivity index (χ4n) is 3.07. The molecule has 2 aromatic heterocycles. The predicted octanol–water partition coefficient (Wildman–Crippen LogP) is 3.64. The van der Waals surface area contributed by atoms with E-state index in [2.05, 4.69) is 31.8 Å². The molecule has 5 nitrogen and oxygen atoms in total. The summed E-state index contributed by atoms with van der Waals surface area (Å²) in [6.45, 7) is 0.570. The fourth-order valence-corrected chi connectivity index (χ4v) is 3.43. The molecule has 1 saturated carbocycles. The maximum atomic E-state index is 10.5. The van der Waals surface area contributed by atoms with E-state index in [4.69, 9.17) is 10.1 Å². The van der Waals surface area contributed by atoms with E-state index in [0.29, 0.717) is 18.4 Å². The van der Waals surface area contributed by atoms with Crippen molar-refractivity contribution >= 4 is 27.7 Å². The maximum Gasteiger partial charge on any atom is 0.404 e. The van der Waals surface area contributed by atoms with Crippen molar-refractivity contribution in [2.45, 2.75) is 31.6 Å². The van der Waals surface area contributed by atoms with E-state index in [9.17, 15) is 4.79 Å². The van der Waals surface area contributed by atoms with Gasteiger partial charge in [0.25, 0.3) is 0 Å². The third-order valence-corrected chi connectivity index (χ3v) is 4.71. The molecule has 0 bridgehead atoms. The van der Waals surface area contributed by atoms with Gasteiger partial charge in [0.1, 0.15) is 5.65 Å². The van der Waals surface area contributed by atoms with E-state index in [1.807, 2.05) is 18.3 Å². The molecule has 1 aliphatic carbocycles. The summed E-state index contributed by atoms with van der Waals surface area (Å²) in [5.74, 6) is 0.952. The van der Waals surface area contributed by atoms with Crippen LogP contribution in [0, 0.1) is 5.92 Å². The Balaban J connectivity index is 1.64. The molecule has 0 unspecified atom stereocenters. The molecular weight excluding hydrogens is 334 g/mol. The smallest absolute Gasteiger partial charge is 0.404 e. The van der Waals surface area contributed by atoms with Crippen molar-refractivity contribution in [3.05, 3.63) is 34.7 Å². The van der Waals surface area contributed by atoms with E-state index in [-0.39, 0.29) is 0 Å². The molecule has 112 valence electrons. The van der Waals surface area contributed by atoms with Gasteiger partial charge in [0.2, 0.25) is 0 Å². The molecule has 0 saturated heterocycles. The van der Waals surface area contributed by atoms with Gasteiger partial charge in [-0.1, -0.05) is 0 Å². The van der Waals surface area contributed by atoms with Gasteiger partial charge in [-0.15, -0.1) is 0 Å². The first kappa shape index (κ1) is 14.4. The number of nitrogens with zero attached hydrogens (tertiary/aromatic N) is 2. The molecule has 0 aromatic carbocycles. The molecule has 21 heavy (non-hydrogen) atoms. The van der Waals surface area contributed by atoms with Crippen LogP contribution < -0.4 is 5.32 Å². The zero-order valence-corrected chi connectivity index (χ0v) is 13.2. The van der Waals surface area contributed by atoms with Gasteiger partial charge in [0, 0.05) is 29.3 Å². The number of aromatic nitrogens is 2. The highest BCUT2D eigenvalue weighted by Crippen LogP contribution is 2.35. The van der Waals surface area contributed by atoms with Gasteiger partial charge < -0.3 is 14.8 Å². The van der Waals surface area contributed by atoms with E-state index < -0.39 is 6.09 Å². The summed E-state index contributed by atoms with van der Waals surface area (Å²) in [7, 11) is 0. The molecule has 0 radical (unpaired) electrons. The van der Waals surface area contributed by atoms with Crippen LogP contribution in [0.5, 0.6) is 0 Å². The summed E-state index contributed by atoms with van der Waals surface area (Å²) in [6, 6.07) is 4.01. The summed E-state index contributed by atoms with van der Waals surface area (Å²) in [5, 5.41) is 11.1. The third-order valence-electron chi connectivity index (χ3n) is 4.24. The Morgan fingerprint density at radius 3 is 2.81 bits per heavy atom. The van der Waals surface area contributed by atoms with Gasteiger partial charge in [0.05, 0.1) is 5.69 Å². The van der Waals surface area contributed by atoms with Gasteiger partial charge in [-0.2, -0.15) is 0 Å². The molecule has 1 aliphatic rings. The van der Waals surface area contributed by atoms with Gasteiger partial charge in [-0.05, 0) is 59.7 Å². The molecule has 6 heteroatoms. The first-order valence-electron chi connectivity index (χ1n) is 7.23. The molecule has 1 amide bonds. The normalized spacial score (nSPS) is 22.3. The zero-order chi connectivity index (χ0) is 14.8. The van der Waals surface area contributed by atoms with Gasteiger partial charge >= 0.3 is 6.09 Å². The Morgan fingerprint density at radius 1 is 1.33 bits per heavy atom. The van der Waals surface area contributed by atoms with Crippen LogP contribution in [0.25, 0.3) is 5.65 Å². The number of amides is 1. The number of fused-ring (bicyclic) bond motifs is 1. The van der Waals surface area contributed by atoms with Crippen LogP contribution in [0.3, 0.4) is 0 Å². The standard InChI is InChI=1S/C15H18BrN3O2/c16-12-5-6-14-18-13(9-19(14)8-12)11-3-1-10(2-4-11)7-17-15(20)21/h5-6,8-11,17H,1-4,7H2,(H,20,21). The second-order valence-corrected chi connectivity index (χ2v) is 6.60. The topological polar surface area (TPSA) is 66.6 Å². The highest BCUT2D eigenvalue weighted by Gasteiger charge is 2.24. The van der Waals surface area contributed by atoms with Crippen LogP contribution >= 0.6 is 15.9 Å². The molecule has 2 aromatic rings. The van der Waals surface area contributed by atoms with E-state index >= 15 is 0 Å². The van der Waals surface area contributed by atoms with Gasteiger partial charge in [-0.3, -0.25) is 0 Å². The van der Waals surface area contributed by atoms with Crippen molar-refractivity contribution in [1.29, 1.82) is 0 Å². The van der Waals surface area contributed by atoms with Crippen LogP contribution in [0.2, 0.25) is 0 Å². The van der Waals surface area contributed by atoms with Crippen molar-refractivity contribution in [3.63, 3.8) is 0 Å². The number of carbonyl (C=O) groups is 1. The number of halogens is 1. The van der Waals surface area contributed by atoms with Crippen molar-refractivity contribution in [2.75, 3.05) is 6.54 Å². The zero-order valence-electron chi connectivity index (χ0n) is 11.6. The number of imidazole rings is 1. The minimum atomic E-state index is -0.928. The number of hydrogen-bond acceptors (Lipinski definition) is 2. The van der Waals surface area contributed by atoms with E-state index in [1.54, 1.807) is 0 Å². The van der Waals surface area contributed by atoms with Crippen LogP contribution in [0.1, 0.15) is 37.3 Å². The monoisotopic (exact) mass is 351 g/mol. The molecule has 0 atom stereocenters. The minimum Gasteiger partial charge on any atom is -0.465 e. The van der Waals surface area contributed by atoms with Crippen LogP contribution in [0.15, 0.2) is 29.0 Å². The Morgan fingerprint density at radius 2 is 2.10 bits per heavy atom. The Kier molecular flexibility index (Phi) is 4.14.